The maximum atomic E-state index is 12.9. The number of carbonyl (C=O) groups excluding carboxylic acids is 2. The predicted octanol–water partition coefficient (Wildman–Crippen LogP) is 4.63. The molecule has 9 heteroatoms. The Hall–Kier alpha value is -2.78. The number of hydrogen-bond acceptors (Lipinski definition) is 7. The van der Waals surface area contributed by atoms with E-state index in [1.165, 1.54) is 18.9 Å². The molecule has 2 aromatic rings. The van der Waals surface area contributed by atoms with E-state index in [0.29, 0.717) is 26.8 Å². The summed E-state index contributed by atoms with van der Waals surface area (Å²) in [5, 5.41) is 0.626. The van der Waals surface area contributed by atoms with Crippen LogP contribution in [0.1, 0.15) is 12.5 Å². The Morgan fingerprint density at radius 1 is 1.19 bits per heavy atom. The number of halogens is 1. The molecule has 0 aliphatic carbocycles. The molecule has 0 unspecified atom stereocenters. The number of thioether (sulfide) groups is 1. The molecular weight excluding hydrogens is 484 g/mol. The van der Waals surface area contributed by atoms with E-state index in [2.05, 4.69) is 25.7 Å². The number of methoxy groups -OCH3 is 2. The summed E-state index contributed by atoms with van der Waals surface area (Å²) >= 11 is 4.76. The first-order valence-electron chi connectivity index (χ1n) is 9.38. The third-order valence-corrected chi connectivity index (χ3v) is 5.95. The minimum Gasteiger partial charge on any atom is -0.497 e. The van der Waals surface area contributed by atoms with Gasteiger partial charge in [-0.15, -0.1) is 0 Å². The number of ether oxygens (including phenoxy) is 3. The quantitative estimate of drug-likeness (QED) is 0.404. The van der Waals surface area contributed by atoms with Crippen LogP contribution in [0.25, 0.3) is 6.08 Å². The third kappa shape index (κ3) is 5.68. The van der Waals surface area contributed by atoms with Gasteiger partial charge in [0.15, 0.2) is 11.8 Å². The third-order valence-electron chi connectivity index (χ3n) is 4.33. The number of aliphatic imine (C=N–C) groups is 1. The van der Waals surface area contributed by atoms with Gasteiger partial charge in [-0.1, -0.05) is 6.07 Å². The van der Waals surface area contributed by atoms with E-state index in [9.17, 15) is 9.59 Å². The number of esters is 1. The van der Waals surface area contributed by atoms with Gasteiger partial charge in [0.2, 0.25) is 0 Å². The molecule has 7 nitrogen and oxygen atoms in total. The Balaban J connectivity index is 1.80. The highest BCUT2D eigenvalue weighted by molar-refractivity contribution is 9.10. The van der Waals surface area contributed by atoms with Crippen molar-refractivity contribution in [1.29, 1.82) is 0 Å². The summed E-state index contributed by atoms with van der Waals surface area (Å²) in [6, 6.07) is 12.7. The monoisotopic (exact) mass is 504 g/mol. The Labute approximate surface area is 193 Å². The second kappa shape index (κ2) is 10.5. The minimum atomic E-state index is -0.464. The van der Waals surface area contributed by atoms with Crippen molar-refractivity contribution in [1.82, 2.24) is 4.90 Å². The van der Waals surface area contributed by atoms with Gasteiger partial charge in [0.1, 0.15) is 11.5 Å². The molecule has 0 aromatic heterocycles. The molecule has 1 fully saturated rings. The Morgan fingerprint density at radius 3 is 2.55 bits per heavy atom. The highest BCUT2D eigenvalue weighted by Crippen LogP contribution is 2.35. The van der Waals surface area contributed by atoms with E-state index < -0.39 is 5.97 Å². The van der Waals surface area contributed by atoms with Gasteiger partial charge in [0.25, 0.3) is 5.91 Å². The number of amides is 1. The molecule has 1 saturated heterocycles. The number of amidine groups is 1. The van der Waals surface area contributed by atoms with Crippen LogP contribution in [0.5, 0.6) is 11.5 Å². The fraction of sp³-hybridized carbons (Fsp3) is 0.227. The Morgan fingerprint density at radius 2 is 1.94 bits per heavy atom. The SMILES string of the molecule is CCN1C(=O)/C(=C\c2ccc(OCC(=O)OC)c(Br)c2)SC1=Nc1ccc(OC)cc1. The first kappa shape index (κ1) is 22.9. The fourth-order valence-electron chi connectivity index (χ4n) is 2.71. The standard InChI is InChI=1S/C22H21BrN2O5S/c1-4-25-21(27)19(31-22(25)24-15-6-8-16(28-2)9-7-15)12-14-5-10-18(17(23)11-14)30-13-20(26)29-3/h5-12H,4,13H2,1-3H3/b19-12+,24-22?. The molecule has 162 valence electrons. The van der Waals surface area contributed by atoms with Crippen LogP contribution >= 0.6 is 27.7 Å². The van der Waals surface area contributed by atoms with Crippen molar-refractivity contribution in [2.24, 2.45) is 4.99 Å². The van der Waals surface area contributed by atoms with Crippen LogP contribution in [0.3, 0.4) is 0 Å². The van der Waals surface area contributed by atoms with Crippen LogP contribution in [0.15, 0.2) is 56.8 Å². The van der Waals surface area contributed by atoms with Crippen molar-refractivity contribution < 1.29 is 23.8 Å². The lowest BCUT2D eigenvalue weighted by molar-refractivity contribution is -0.142. The van der Waals surface area contributed by atoms with Gasteiger partial charge in [-0.25, -0.2) is 9.79 Å². The van der Waals surface area contributed by atoms with Gasteiger partial charge in [0.05, 0.1) is 29.3 Å². The highest BCUT2D eigenvalue weighted by Gasteiger charge is 2.32. The number of carbonyl (C=O) groups is 2. The summed E-state index contributed by atoms with van der Waals surface area (Å²) in [4.78, 5) is 30.9. The minimum absolute atomic E-state index is 0.0955. The zero-order valence-corrected chi connectivity index (χ0v) is 19.7. The largest absolute Gasteiger partial charge is 0.497 e. The van der Waals surface area contributed by atoms with E-state index in [1.54, 1.807) is 24.2 Å². The zero-order chi connectivity index (χ0) is 22.4. The molecule has 1 heterocycles. The smallest absolute Gasteiger partial charge is 0.343 e. The van der Waals surface area contributed by atoms with Gasteiger partial charge in [-0.2, -0.15) is 0 Å². The van der Waals surface area contributed by atoms with Crippen molar-refractivity contribution in [3.8, 4) is 11.5 Å². The highest BCUT2D eigenvalue weighted by atomic mass is 79.9. The topological polar surface area (TPSA) is 77.4 Å². The van der Waals surface area contributed by atoms with Crippen LogP contribution in [0.2, 0.25) is 0 Å². The Kier molecular flexibility index (Phi) is 7.75. The maximum Gasteiger partial charge on any atom is 0.343 e. The summed E-state index contributed by atoms with van der Waals surface area (Å²) in [6.45, 7) is 2.25. The van der Waals surface area contributed by atoms with Crippen molar-refractivity contribution in [3.05, 3.63) is 57.4 Å². The fourth-order valence-corrected chi connectivity index (χ4v) is 4.28. The van der Waals surface area contributed by atoms with E-state index in [-0.39, 0.29) is 12.5 Å². The second-order valence-corrected chi connectivity index (χ2v) is 8.17. The van der Waals surface area contributed by atoms with E-state index in [0.717, 1.165) is 17.0 Å². The average molecular weight is 505 g/mol. The molecule has 0 N–H and O–H groups in total. The molecule has 1 aliphatic rings. The number of benzene rings is 2. The molecule has 0 saturated carbocycles. The summed E-state index contributed by atoms with van der Waals surface area (Å²) in [6.07, 6.45) is 1.81. The van der Waals surface area contributed by atoms with Gasteiger partial charge in [-0.3, -0.25) is 9.69 Å². The molecule has 0 atom stereocenters. The molecule has 0 radical (unpaired) electrons. The summed E-state index contributed by atoms with van der Waals surface area (Å²) < 4.78 is 15.8. The molecule has 0 bridgehead atoms. The first-order valence-corrected chi connectivity index (χ1v) is 11.0. The number of nitrogens with zero attached hydrogens (tertiary/aromatic N) is 2. The maximum absolute atomic E-state index is 12.9. The van der Waals surface area contributed by atoms with E-state index in [4.69, 9.17) is 9.47 Å². The molecule has 31 heavy (non-hydrogen) atoms. The molecule has 3 rings (SSSR count). The lowest BCUT2D eigenvalue weighted by Gasteiger charge is -2.12. The second-order valence-electron chi connectivity index (χ2n) is 6.31. The molecule has 1 aliphatic heterocycles. The van der Waals surface area contributed by atoms with Crippen LogP contribution in [-0.4, -0.2) is 49.3 Å². The van der Waals surface area contributed by atoms with Crippen LogP contribution < -0.4 is 9.47 Å². The van der Waals surface area contributed by atoms with Gasteiger partial charge in [-0.05, 0) is 82.7 Å². The molecule has 0 spiro atoms. The van der Waals surface area contributed by atoms with E-state index >= 15 is 0 Å². The summed E-state index contributed by atoms with van der Waals surface area (Å²) in [7, 11) is 2.91. The number of hydrogen-bond donors (Lipinski definition) is 0. The lowest BCUT2D eigenvalue weighted by atomic mass is 10.2. The van der Waals surface area contributed by atoms with Gasteiger partial charge < -0.3 is 14.2 Å². The number of likely N-dealkylation sites (N-methyl/N-ethyl adjacent to an activating group) is 1. The Bertz CT molecular complexity index is 1040. The summed E-state index contributed by atoms with van der Waals surface area (Å²) in [5.41, 5.74) is 1.56. The van der Waals surface area contributed by atoms with Gasteiger partial charge in [0, 0.05) is 6.54 Å². The molecule has 1 amide bonds. The van der Waals surface area contributed by atoms with Crippen molar-refractivity contribution in [2.45, 2.75) is 6.92 Å². The average Bonchev–Trinajstić information content (AvgIpc) is 3.07. The zero-order valence-electron chi connectivity index (χ0n) is 17.3. The van der Waals surface area contributed by atoms with Crippen LogP contribution in [0.4, 0.5) is 5.69 Å². The first-order chi connectivity index (χ1) is 14.9. The van der Waals surface area contributed by atoms with Crippen LogP contribution in [0, 0.1) is 0 Å². The lowest BCUT2D eigenvalue weighted by Crippen LogP contribution is -2.28. The molecule has 2 aromatic carbocycles. The van der Waals surface area contributed by atoms with E-state index in [1.807, 2.05) is 43.3 Å². The van der Waals surface area contributed by atoms with Gasteiger partial charge >= 0.3 is 5.97 Å². The predicted molar refractivity (Wildman–Crippen MR) is 125 cm³/mol. The normalized spacial score (nSPS) is 16.1. The van der Waals surface area contributed by atoms with Crippen molar-refractivity contribution >= 4 is 56.5 Å². The number of rotatable bonds is 7. The van der Waals surface area contributed by atoms with Crippen molar-refractivity contribution in [2.75, 3.05) is 27.4 Å². The molecular formula is C22H21BrN2O5S. The summed E-state index contributed by atoms with van der Waals surface area (Å²) in [5.74, 6) is 0.697. The van der Waals surface area contributed by atoms with Crippen LogP contribution in [-0.2, 0) is 14.3 Å². The van der Waals surface area contributed by atoms with Crippen molar-refractivity contribution in [3.63, 3.8) is 0 Å².